The Bertz CT molecular complexity index is 879. The number of nitrogens with zero attached hydrogens (tertiary/aromatic N) is 5. The van der Waals surface area contributed by atoms with Gasteiger partial charge in [0.25, 0.3) is 5.91 Å². The summed E-state index contributed by atoms with van der Waals surface area (Å²) in [5.74, 6) is -0.217. The van der Waals surface area contributed by atoms with E-state index in [4.69, 9.17) is 4.74 Å². The molecule has 0 radical (unpaired) electrons. The van der Waals surface area contributed by atoms with Crippen molar-refractivity contribution in [2.24, 2.45) is 25.9 Å². The Morgan fingerprint density at radius 1 is 1.21 bits per heavy atom. The van der Waals surface area contributed by atoms with Gasteiger partial charge in [-0.2, -0.15) is 10.2 Å². The number of aryl methyl sites for hydroxylation is 4. The zero-order valence-electron chi connectivity index (χ0n) is 17.5. The maximum Gasteiger partial charge on any atom is 0.309 e. The number of aromatic nitrogens is 4. The summed E-state index contributed by atoms with van der Waals surface area (Å²) in [4.78, 5) is 27.2. The Morgan fingerprint density at radius 2 is 1.93 bits per heavy atom. The molecular formula is C20H29N5O3. The van der Waals surface area contributed by atoms with Gasteiger partial charge in [-0.3, -0.25) is 19.0 Å². The molecule has 8 heteroatoms. The van der Waals surface area contributed by atoms with Gasteiger partial charge < -0.3 is 9.64 Å². The van der Waals surface area contributed by atoms with Gasteiger partial charge in [0.05, 0.1) is 36.0 Å². The van der Waals surface area contributed by atoms with Crippen molar-refractivity contribution in [2.75, 3.05) is 13.2 Å². The molecule has 0 bridgehead atoms. The third-order valence-corrected chi connectivity index (χ3v) is 5.49. The van der Waals surface area contributed by atoms with Gasteiger partial charge in [0, 0.05) is 32.0 Å². The van der Waals surface area contributed by atoms with E-state index in [0.717, 1.165) is 23.5 Å². The average Bonchev–Trinajstić information content (AvgIpc) is 3.25. The molecule has 1 aliphatic rings. The van der Waals surface area contributed by atoms with Crippen LogP contribution in [0.2, 0.25) is 0 Å². The minimum Gasteiger partial charge on any atom is -0.466 e. The largest absolute Gasteiger partial charge is 0.466 e. The van der Waals surface area contributed by atoms with Gasteiger partial charge in [-0.05, 0) is 46.1 Å². The third kappa shape index (κ3) is 3.95. The van der Waals surface area contributed by atoms with E-state index in [0.29, 0.717) is 31.0 Å². The Hall–Kier alpha value is -2.64. The van der Waals surface area contributed by atoms with Gasteiger partial charge in [-0.15, -0.1) is 0 Å². The van der Waals surface area contributed by atoms with Gasteiger partial charge in [-0.1, -0.05) is 0 Å². The summed E-state index contributed by atoms with van der Waals surface area (Å²) < 4.78 is 8.66. The Morgan fingerprint density at radius 3 is 2.46 bits per heavy atom. The summed E-state index contributed by atoms with van der Waals surface area (Å²) in [6.07, 6.45) is 0.759. The Balaban J connectivity index is 1.82. The minimum atomic E-state index is -0.165. The van der Waals surface area contributed by atoms with E-state index in [-0.39, 0.29) is 23.7 Å². The van der Waals surface area contributed by atoms with Crippen LogP contribution in [-0.2, 0) is 30.2 Å². The topological polar surface area (TPSA) is 82.2 Å². The molecule has 1 amide bonds. The van der Waals surface area contributed by atoms with Crippen molar-refractivity contribution in [3.05, 3.63) is 34.4 Å². The Kier molecular flexibility index (Phi) is 5.58. The third-order valence-electron chi connectivity index (χ3n) is 5.49. The number of rotatable bonds is 7. The monoisotopic (exact) mass is 387 g/mol. The number of hydrogen-bond acceptors (Lipinski definition) is 5. The molecule has 8 nitrogen and oxygen atoms in total. The van der Waals surface area contributed by atoms with E-state index < -0.39 is 0 Å². The number of amides is 1. The zero-order valence-corrected chi connectivity index (χ0v) is 17.5. The molecule has 0 aromatic carbocycles. The highest BCUT2D eigenvalue weighted by atomic mass is 16.5. The fraction of sp³-hybridized carbons (Fsp3) is 0.600. The summed E-state index contributed by atoms with van der Waals surface area (Å²) in [6.45, 7) is 8.83. The lowest BCUT2D eigenvalue weighted by atomic mass is 10.1. The van der Waals surface area contributed by atoms with Crippen molar-refractivity contribution in [3.63, 3.8) is 0 Å². The summed E-state index contributed by atoms with van der Waals surface area (Å²) in [6, 6.07) is 1.99. The second-order valence-corrected chi connectivity index (χ2v) is 7.61. The van der Waals surface area contributed by atoms with Crippen molar-refractivity contribution in [1.82, 2.24) is 24.5 Å². The van der Waals surface area contributed by atoms with Crippen LogP contribution >= 0.6 is 0 Å². The lowest BCUT2D eigenvalue weighted by Gasteiger charge is -2.22. The van der Waals surface area contributed by atoms with Crippen LogP contribution in [-0.4, -0.2) is 49.5 Å². The number of carbonyl (C=O) groups is 2. The molecular weight excluding hydrogens is 358 g/mol. The van der Waals surface area contributed by atoms with E-state index in [1.807, 2.05) is 47.9 Å². The first-order valence-corrected chi connectivity index (χ1v) is 9.68. The van der Waals surface area contributed by atoms with Gasteiger partial charge >= 0.3 is 5.97 Å². The van der Waals surface area contributed by atoms with Crippen molar-refractivity contribution in [3.8, 4) is 0 Å². The molecule has 152 valence electrons. The molecule has 2 heterocycles. The van der Waals surface area contributed by atoms with Crippen molar-refractivity contribution in [2.45, 2.75) is 40.7 Å². The predicted octanol–water partition coefficient (Wildman–Crippen LogP) is 1.92. The summed E-state index contributed by atoms with van der Waals surface area (Å²) in [5, 5.41) is 8.87. The molecule has 3 rings (SSSR count). The highest BCUT2D eigenvalue weighted by Gasteiger charge is 2.45. The van der Waals surface area contributed by atoms with E-state index in [2.05, 4.69) is 10.2 Å². The molecule has 28 heavy (non-hydrogen) atoms. The second-order valence-electron chi connectivity index (χ2n) is 7.61. The van der Waals surface area contributed by atoms with Crippen LogP contribution in [0.3, 0.4) is 0 Å². The highest BCUT2D eigenvalue weighted by Crippen LogP contribution is 2.40. The second kappa shape index (κ2) is 7.77. The van der Waals surface area contributed by atoms with E-state index in [1.165, 1.54) is 0 Å². The number of esters is 1. The van der Waals surface area contributed by atoms with Crippen LogP contribution < -0.4 is 0 Å². The van der Waals surface area contributed by atoms with Crippen molar-refractivity contribution >= 4 is 11.9 Å². The Labute approximate surface area is 165 Å². The highest BCUT2D eigenvalue weighted by molar-refractivity contribution is 5.96. The molecule has 2 aromatic rings. The molecule has 1 saturated carbocycles. The maximum atomic E-state index is 13.4. The first kappa shape index (κ1) is 20.1. The molecule has 0 unspecified atom stereocenters. The number of carbonyl (C=O) groups excluding carboxylic acids is 2. The van der Waals surface area contributed by atoms with Crippen molar-refractivity contribution in [1.29, 1.82) is 0 Å². The maximum absolute atomic E-state index is 13.4. The van der Waals surface area contributed by atoms with E-state index in [1.54, 1.807) is 14.3 Å². The first-order valence-electron chi connectivity index (χ1n) is 9.68. The first-order chi connectivity index (χ1) is 13.2. The summed E-state index contributed by atoms with van der Waals surface area (Å²) in [5.41, 5.74) is 4.05. The van der Waals surface area contributed by atoms with Gasteiger partial charge in [0.15, 0.2) is 0 Å². The van der Waals surface area contributed by atoms with E-state index >= 15 is 0 Å². The molecule has 0 aliphatic heterocycles. The smallest absolute Gasteiger partial charge is 0.309 e. The number of ether oxygens (including phenoxy) is 1. The molecule has 1 fully saturated rings. The lowest BCUT2D eigenvalue weighted by Crippen LogP contribution is -2.34. The summed E-state index contributed by atoms with van der Waals surface area (Å²) in [7, 11) is 3.72. The van der Waals surface area contributed by atoms with Gasteiger partial charge in [0.1, 0.15) is 0 Å². The normalized spacial score (nSPS) is 18.2. The molecule has 0 saturated heterocycles. The van der Waals surface area contributed by atoms with Crippen LogP contribution in [0.1, 0.15) is 46.5 Å². The zero-order chi connectivity index (χ0) is 20.6. The fourth-order valence-electron chi connectivity index (χ4n) is 3.64. The minimum absolute atomic E-state index is 0.0686. The SMILES string of the molecule is CCOC(=O)[C@@H]1C[C@@H]1CN(Cc1cc(C)n(C)n1)C(=O)c1c(C)nn(C)c1C. The van der Waals surface area contributed by atoms with Crippen LogP contribution in [0.4, 0.5) is 0 Å². The fourth-order valence-corrected chi connectivity index (χ4v) is 3.64. The quantitative estimate of drug-likeness (QED) is 0.678. The van der Waals surface area contributed by atoms with Gasteiger partial charge in [0.2, 0.25) is 0 Å². The van der Waals surface area contributed by atoms with Crippen LogP contribution in [0, 0.1) is 32.6 Å². The molecule has 1 aliphatic carbocycles. The van der Waals surface area contributed by atoms with Crippen LogP contribution in [0.5, 0.6) is 0 Å². The molecule has 0 N–H and O–H groups in total. The lowest BCUT2D eigenvalue weighted by molar-refractivity contribution is -0.145. The summed E-state index contributed by atoms with van der Waals surface area (Å²) >= 11 is 0. The van der Waals surface area contributed by atoms with Crippen molar-refractivity contribution < 1.29 is 14.3 Å². The standard InChI is InChI=1S/C20H29N5O3/c1-7-28-20(27)17-9-15(17)10-25(11-16-8-12(2)23(5)22-16)19(26)18-13(3)21-24(6)14(18)4/h8,15,17H,7,9-11H2,1-6H3/t15-,17-/m1/s1. The number of hydrogen-bond donors (Lipinski definition) is 0. The van der Waals surface area contributed by atoms with Gasteiger partial charge in [-0.25, -0.2) is 0 Å². The predicted molar refractivity (Wildman–Crippen MR) is 104 cm³/mol. The molecule has 2 aromatic heterocycles. The molecule has 2 atom stereocenters. The van der Waals surface area contributed by atoms with Crippen LogP contribution in [0.25, 0.3) is 0 Å². The average molecular weight is 387 g/mol. The van der Waals surface area contributed by atoms with Crippen LogP contribution in [0.15, 0.2) is 6.07 Å². The van der Waals surface area contributed by atoms with E-state index in [9.17, 15) is 9.59 Å². The molecule has 0 spiro atoms.